The van der Waals surface area contributed by atoms with Crippen molar-refractivity contribution >= 4 is 11.6 Å². The molecule has 1 rings (SSSR count). The van der Waals surface area contributed by atoms with E-state index in [4.69, 9.17) is 0 Å². The molecule has 0 amide bonds. The van der Waals surface area contributed by atoms with Gasteiger partial charge in [0.1, 0.15) is 18.0 Å². The van der Waals surface area contributed by atoms with Gasteiger partial charge in [-0.05, 0) is 20.3 Å². The molecule has 1 aromatic rings. The van der Waals surface area contributed by atoms with Crippen molar-refractivity contribution in [3.63, 3.8) is 0 Å². The number of nitrogens with zero attached hydrogens (tertiary/aromatic N) is 2. The Kier molecular flexibility index (Phi) is 5.61. The maximum atomic E-state index is 4.21. The molecule has 1 unspecified atom stereocenters. The van der Waals surface area contributed by atoms with Crippen LogP contribution in [0.3, 0.4) is 0 Å². The number of anilines is 2. The van der Waals surface area contributed by atoms with E-state index in [2.05, 4.69) is 41.4 Å². The molecule has 90 valence electrons. The molecule has 1 aromatic heterocycles. The second-order valence-corrected chi connectivity index (χ2v) is 4.01. The minimum Gasteiger partial charge on any atom is -0.370 e. The molecule has 0 bridgehead atoms. The summed E-state index contributed by atoms with van der Waals surface area (Å²) in [6.45, 7) is 7.33. The second kappa shape index (κ2) is 7.04. The Labute approximate surface area is 97.9 Å². The molecule has 2 N–H and O–H groups in total. The summed E-state index contributed by atoms with van der Waals surface area (Å²) in [5.41, 5.74) is 0. The fourth-order valence-corrected chi connectivity index (χ4v) is 1.55. The molecule has 0 spiro atoms. The normalized spacial score (nSPS) is 12.2. The van der Waals surface area contributed by atoms with E-state index in [9.17, 15) is 0 Å². The zero-order valence-electron chi connectivity index (χ0n) is 10.5. The highest BCUT2D eigenvalue weighted by Crippen LogP contribution is 2.11. The first-order valence-electron chi connectivity index (χ1n) is 6.08. The van der Waals surface area contributed by atoms with Crippen molar-refractivity contribution in [1.29, 1.82) is 0 Å². The van der Waals surface area contributed by atoms with Crippen LogP contribution in [0.4, 0.5) is 11.6 Å². The lowest BCUT2D eigenvalue weighted by Crippen LogP contribution is -2.16. The van der Waals surface area contributed by atoms with E-state index in [0.29, 0.717) is 6.04 Å². The van der Waals surface area contributed by atoms with Gasteiger partial charge in [0.25, 0.3) is 0 Å². The molecule has 4 nitrogen and oxygen atoms in total. The highest BCUT2D eigenvalue weighted by Gasteiger charge is 2.03. The first-order valence-corrected chi connectivity index (χ1v) is 6.08. The average Bonchev–Trinajstić information content (AvgIpc) is 2.27. The van der Waals surface area contributed by atoms with Crippen molar-refractivity contribution in [2.45, 2.75) is 46.1 Å². The lowest BCUT2D eigenvalue weighted by Gasteiger charge is -2.14. The maximum Gasteiger partial charge on any atom is 0.131 e. The maximum absolute atomic E-state index is 4.21. The first-order chi connectivity index (χ1) is 7.76. The van der Waals surface area contributed by atoms with E-state index in [-0.39, 0.29) is 0 Å². The largest absolute Gasteiger partial charge is 0.370 e. The zero-order valence-corrected chi connectivity index (χ0v) is 10.5. The van der Waals surface area contributed by atoms with Gasteiger partial charge in [0.2, 0.25) is 0 Å². The van der Waals surface area contributed by atoms with Gasteiger partial charge in [-0.3, -0.25) is 0 Å². The monoisotopic (exact) mass is 222 g/mol. The van der Waals surface area contributed by atoms with Crippen LogP contribution in [-0.2, 0) is 0 Å². The van der Waals surface area contributed by atoms with E-state index in [1.165, 1.54) is 19.3 Å². The Morgan fingerprint density at radius 3 is 2.69 bits per heavy atom. The van der Waals surface area contributed by atoms with E-state index < -0.39 is 0 Å². The zero-order chi connectivity index (χ0) is 11.8. The summed E-state index contributed by atoms with van der Waals surface area (Å²) >= 11 is 0. The van der Waals surface area contributed by atoms with Gasteiger partial charge in [-0.25, -0.2) is 9.97 Å². The topological polar surface area (TPSA) is 49.8 Å². The van der Waals surface area contributed by atoms with Gasteiger partial charge >= 0.3 is 0 Å². The fourth-order valence-electron chi connectivity index (χ4n) is 1.55. The Balaban J connectivity index is 2.49. The van der Waals surface area contributed by atoms with Crippen molar-refractivity contribution in [3.05, 3.63) is 12.4 Å². The molecule has 1 atom stereocenters. The van der Waals surface area contributed by atoms with Crippen LogP contribution in [0.15, 0.2) is 12.4 Å². The van der Waals surface area contributed by atoms with Gasteiger partial charge in [-0.1, -0.05) is 19.8 Å². The van der Waals surface area contributed by atoms with Crippen molar-refractivity contribution in [1.82, 2.24) is 9.97 Å². The number of hydrogen-bond donors (Lipinski definition) is 2. The third kappa shape index (κ3) is 4.47. The highest BCUT2D eigenvalue weighted by molar-refractivity contribution is 5.46. The molecule has 0 aliphatic carbocycles. The molecule has 0 saturated heterocycles. The number of aromatic nitrogens is 2. The summed E-state index contributed by atoms with van der Waals surface area (Å²) in [7, 11) is 0. The lowest BCUT2D eigenvalue weighted by molar-refractivity contribution is 0.643. The smallest absolute Gasteiger partial charge is 0.131 e. The average molecular weight is 222 g/mol. The fraction of sp³-hybridized carbons (Fsp3) is 0.667. The van der Waals surface area contributed by atoms with Gasteiger partial charge < -0.3 is 10.6 Å². The summed E-state index contributed by atoms with van der Waals surface area (Å²) in [6, 6.07) is 2.41. The van der Waals surface area contributed by atoms with E-state index in [1.54, 1.807) is 6.33 Å². The molecule has 1 heterocycles. The van der Waals surface area contributed by atoms with Crippen LogP contribution in [-0.4, -0.2) is 22.6 Å². The van der Waals surface area contributed by atoms with Gasteiger partial charge in [-0.15, -0.1) is 0 Å². The van der Waals surface area contributed by atoms with Crippen LogP contribution >= 0.6 is 0 Å². The first kappa shape index (κ1) is 12.7. The molecule has 16 heavy (non-hydrogen) atoms. The molecular formula is C12H22N4. The van der Waals surface area contributed by atoms with Crippen LogP contribution in [0.25, 0.3) is 0 Å². The van der Waals surface area contributed by atoms with Crippen molar-refractivity contribution in [3.8, 4) is 0 Å². The van der Waals surface area contributed by atoms with E-state index >= 15 is 0 Å². The van der Waals surface area contributed by atoms with Crippen molar-refractivity contribution < 1.29 is 0 Å². The molecule has 4 heteroatoms. The molecule has 0 radical (unpaired) electrons. The predicted octanol–water partition coefficient (Wildman–Crippen LogP) is 2.90. The van der Waals surface area contributed by atoms with E-state index in [0.717, 1.165) is 18.2 Å². The SMILES string of the molecule is CCCCC(C)Nc1cc(NCC)ncn1. The lowest BCUT2D eigenvalue weighted by atomic mass is 10.1. The molecule has 0 saturated carbocycles. The third-order valence-electron chi connectivity index (χ3n) is 2.41. The molecule has 0 fully saturated rings. The van der Waals surface area contributed by atoms with Crippen LogP contribution < -0.4 is 10.6 Å². The van der Waals surface area contributed by atoms with Crippen LogP contribution in [0.2, 0.25) is 0 Å². The predicted molar refractivity (Wildman–Crippen MR) is 68.8 cm³/mol. The summed E-state index contributed by atoms with van der Waals surface area (Å²) < 4.78 is 0. The van der Waals surface area contributed by atoms with Crippen LogP contribution in [0.1, 0.15) is 40.0 Å². The molecule has 0 aromatic carbocycles. The Morgan fingerprint density at radius 1 is 1.25 bits per heavy atom. The summed E-state index contributed by atoms with van der Waals surface area (Å²) in [4.78, 5) is 8.34. The third-order valence-corrected chi connectivity index (χ3v) is 2.41. The number of unbranched alkanes of at least 4 members (excludes halogenated alkanes) is 1. The van der Waals surface area contributed by atoms with Crippen molar-refractivity contribution in [2.75, 3.05) is 17.2 Å². The van der Waals surface area contributed by atoms with Crippen molar-refractivity contribution in [2.24, 2.45) is 0 Å². The number of hydrogen-bond acceptors (Lipinski definition) is 4. The quantitative estimate of drug-likeness (QED) is 0.744. The van der Waals surface area contributed by atoms with E-state index in [1.807, 2.05) is 6.07 Å². The van der Waals surface area contributed by atoms with Crippen LogP contribution in [0, 0.1) is 0 Å². The minimum atomic E-state index is 0.462. The molecule has 0 aliphatic rings. The minimum absolute atomic E-state index is 0.462. The van der Waals surface area contributed by atoms with Gasteiger partial charge in [0.15, 0.2) is 0 Å². The molecule has 0 aliphatic heterocycles. The Bertz CT molecular complexity index is 301. The number of nitrogens with one attached hydrogen (secondary N) is 2. The summed E-state index contributed by atoms with van der Waals surface area (Å²) in [5.74, 6) is 1.78. The Hall–Kier alpha value is -1.32. The molecular weight excluding hydrogens is 200 g/mol. The summed E-state index contributed by atoms with van der Waals surface area (Å²) in [5, 5.41) is 6.56. The number of rotatable bonds is 7. The van der Waals surface area contributed by atoms with Gasteiger partial charge in [0, 0.05) is 18.7 Å². The highest BCUT2D eigenvalue weighted by atomic mass is 15.1. The van der Waals surface area contributed by atoms with Gasteiger partial charge in [0.05, 0.1) is 0 Å². The standard InChI is InChI=1S/C12H22N4/c1-4-6-7-10(3)16-12-8-11(13-5-2)14-9-15-12/h8-10H,4-7H2,1-3H3,(H2,13,14,15,16). The Morgan fingerprint density at radius 2 is 2.00 bits per heavy atom. The van der Waals surface area contributed by atoms with Crippen LogP contribution in [0.5, 0.6) is 0 Å². The van der Waals surface area contributed by atoms with Gasteiger partial charge in [-0.2, -0.15) is 0 Å². The second-order valence-electron chi connectivity index (χ2n) is 4.01. The summed E-state index contributed by atoms with van der Waals surface area (Å²) in [6.07, 6.45) is 5.25.